The third-order valence-corrected chi connectivity index (χ3v) is 4.05. The van der Waals surface area contributed by atoms with Crippen LogP contribution in [0.15, 0.2) is 22.7 Å². The van der Waals surface area contributed by atoms with Crippen LogP contribution in [0.4, 0.5) is 5.69 Å². The molecule has 0 aromatic heterocycles. The van der Waals surface area contributed by atoms with Gasteiger partial charge in [0.15, 0.2) is 0 Å². The molecule has 0 bridgehead atoms. The monoisotopic (exact) mass is 324 g/mol. The average molecular weight is 325 g/mol. The number of nitro groups is 1. The van der Waals surface area contributed by atoms with E-state index in [0.717, 1.165) is 18.7 Å². The maximum absolute atomic E-state index is 10.9. The molecule has 1 fully saturated rings. The smallest absolute Gasteiger partial charge is 0.283 e. The van der Waals surface area contributed by atoms with Crippen molar-refractivity contribution in [2.75, 3.05) is 19.6 Å². The van der Waals surface area contributed by atoms with Gasteiger partial charge in [-0.1, -0.05) is 12.1 Å². The lowest BCUT2D eigenvalue weighted by Gasteiger charge is -2.32. The molecule has 1 aromatic carbocycles. The van der Waals surface area contributed by atoms with Crippen molar-refractivity contribution >= 4 is 21.6 Å². The Kier molecular flexibility index (Phi) is 4.47. The van der Waals surface area contributed by atoms with Gasteiger partial charge in [0.2, 0.25) is 0 Å². The van der Waals surface area contributed by atoms with Crippen LogP contribution in [0.5, 0.6) is 0 Å². The van der Waals surface area contributed by atoms with E-state index < -0.39 is 4.92 Å². The Morgan fingerprint density at radius 3 is 3.11 bits per heavy atom. The minimum atomic E-state index is -0.410. The summed E-state index contributed by atoms with van der Waals surface area (Å²) in [5.74, 6) is 0. The van der Waals surface area contributed by atoms with Crippen molar-refractivity contribution in [3.63, 3.8) is 0 Å². The Bertz CT molecular complexity index is 529. The predicted molar refractivity (Wildman–Crippen MR) is 73.5 cm³/mol. The lowest BCUT2D eigenvalue weighted by atomic mass is 10.1. The topological polar surface area (TPSA) is 82.2 Å². The summed E-state index contributed by atoms with van der Waals surface area (Å²) >= 11 is 3.28. The molecule has 7 heteroatoms. The molecule has 0 radical (unpaired) electrons. The molecule has 1 aromatic rings. The third-order valence-electron chi connectivity index (χ3n) is 3.13. The Morgan fingerprint density at radius 1 is 1.63 bits per heavy atom. The van der Waals surface area contributed by atoms with E-state index >= 15 is 0 Å². The minimum Gasteiger partial charge on any atom is -0.313 e. The number of piperazine rings is 1. The normalized spacial score (nSPS) is 19.9. The first kappa shape index (κ1) is 13.9. The number of nitrogens with zero attached hydrogens (tertiary/aromatic N) is 3. The zero-order chi connectivity index (χ0) is 13.8. The summed E-state index contributed by atoms with van der Waals surface area (Å²) in [6.45, 7) is 2.74. The van der Waals surface area contributed by atoms with E-state index in [1.54, 1.807) is 6.07 Å². The molecule has 0 spiro atoms. The molecular weight excluding hydrogens is 312 g/mol. The summed E-state index contributed by atoms with van der Waals surface area (Å²) in [6.07, 6.45) is 0. The zero-order valence-corrected chi connectivity index (χ0v) is 11.8. The predicted octanol–water partition coefficient (Wildman–Crippen LogP) is 1.65. The van der Waals surface area contributed by atoms with Crippen LogP contribution in [-0.2, 0) is 6.54 Å². The first-order chi connectivity index (χ1) is 9.13. The maximum atomic E-state index is 10.9. The van der Waals surface area contributed by atoms with Crippen molar-refractivity contribution in [1.82, 2.24) is 10.2 Å². The van der Waals surface area contributed by atoms with Crippen molar-refractivity contribution < 1.29 is 4.92 Å². The van der Waals surface area contributed by atoms with Gasteiger partial charge in [-0.2, -0.15) is 5.26 Å². The Hall–Kier alpha value is -1.49. The lowest BCUT2D eigenvalue weighted by molar-refractivity contribution is -0.385. The minimum absolute atomic E-state index is 0.0566. The van der Waals surface area contributed by atoms with Crippen molar-refractivity contribution in [1.29, 1.82) is 5.26 Å². The number of nitrogens with one attached hydrogen (secondary N) is 1. The van der Waals surface area contributed by atoms with Gasteiger partial charge in [0.1, 0.15) is 6.04 Å². The molecule has 1 aliphatic heterocycles. The molecular formula is C12H13BrN4O2. The average Bonchev–Trinajstić information content (AvgIpc) is 2.41. The molecule has 0 amide bonds. The highest BCUT2D eigenvalue weighted by molar-refractivity contribution is 9.10. The fourth-order valence-electron chi connectivity index (χ4n) is 2.11. The van der Waals surface area contributed by atoms with E-state index in [1.807, 2.05) is 11.0 Å². The number of nitro benzene ring substituents is 1. The van der Waals surface area contributed by atoms with Gasteiger partial charge in [-0.3, -0.25) is 15.0 Å². The van der Waals surface area contributed by atoms with Gasteiger partial charge < -0.3 is 5.32 Å². The third kappa shape index (κ3) is 3.10. The second-order valence-corrected chi connectivity index (χ2v) is 5.12. The summed E-state index contributed by atoms with van der Waals surface area (Å²) in [5, 5.41) is 23.1. The highest BCUT2D eigenvalue weighted by Crippen LogP contribution is 2.29. The summed E-state index contributed by atoms with van der Waals surface area (Å²) in [7, 11) is 0. The van der Waals surface area contributed by atoms with Crippen LogP contribution in [0.3, 0.4) is 0 Å². The SMILES string of the molecule is N#CC1CNCCN1Cc1cccc([N+](=O)[O-])c1Br. The molecule has 0 aliphatic carbocycles. The second kappa shape index (κ2) is 6.10. The van der Waals surface area contributed by atoms with E-state index in [2.05, 4.69) is 27.3 Å². The van der Waals surface area contributed by atoms with Gasteiger partial charge in [0.05, 0.1) is 15.5 Å². The first-order valence-electron chi connectivity index (χ1n) is 5.89. The number of hydrogen-bond acceptors (Lipinski definition) is 5. The van der Waals surface area contributed by atoms with E-state index in [1.165, 1.54) is 6.07 Å². The Morgan fingerprint density at radius 2 is 2.42 bits per heavy atom. The molecule has 19 heavy (non-hydrogen) atoms. The number of benzene rings is 1. The molecule has 2 rings (SSSR count). The number of nitriles is 1. The van der Waals surface area contributed by atoms with E-state index in [0.29, 0.717) is 17.6 Å². The molecule has 1 atom stereocenters. The number of halogens is 1. The summed E-state index contributed by atoms with van der Waals surface area (Å²) < 4.78 is 0.496. The standard InChI is InChI=1S/C12H13BrN4O2/c13-12-9(2-1-3-11(12)17(18)19)8-16-5-4-15-7-10(16)6-14/h1-3,10,15H,4-5,7-8H2. The number of rotatable bonds is 3. The van der Waals surface area contributed by atoms with Gasteiger partial charge >= 0.3 is 0 Å². The van der Waals surface area contributed by atoms with E-state index in [4.69, 9.17) is 5.26 Å². The van der Waals surface area contributed by atoms with Gasteiger partial charge in [-0.15, -0.1) is 0 Å². The summed E-state index contributed by atoms with van der Waals surface area (Å²) in [5.41, 5.74) is 0.887. The molecule has 100 valence electrons. The molecule has 1 saturated heterocycles. The van der Waals surface area contributed by atoms with Crippen molar-refractivity contribution in [2.24, 2.45) is 0 Å². The molecule has 1 unspecified atom stereocenters. The van der Waals surface area contributed by atoms with Crippen LogP contribution in [0.25, 0.3) is 0 Å². The molecule has 1 heterocycles. The number of hydrogen-bond donors (Lipinski definition) is 1. The van der Waals surface area contributed by atoms with E-state index in [-0.39, 0.29) is 11.7 Å². The van der Waals surface area contributed by atoms with Gasteiger partial charge in [0.25, 0.3) is 5.69 Å². The zero-order valence-electron chi connectivity index (χ0n) is 10.2. The highest BCUT2D eigenvalue weighted by atomic mass is 79.9. The second-order valence-electron chi connectivity index (χ2n) is 4.33. The van der Waals surface area contributed by atoms with Crippen LogP contribution in [0.2, 0.25) is 0 Å². The van der Waals surface area contributed by atoms with Gasteiger partial charge in [-0.25, -0.2) is 0 Å². The fraction of sp³-hybridized carbons (Fsp3) is 0.417. The van der Waals surface area contributed by atoms with Gasteiger partial charge in [0, 0.05) is 32.2 Å². The molecule has 1 N–H and O–H groups in total. The summed E-state index contributed by atoms with van der Waals surface area (Å²) in [4.78, 5) is 12.5. The van der Waals surface area contributed by atoms with Crippen LogP contribution in [0, 0.1) is 21.4 Å². The maximum Gasteiger partial charge on any atom is 0.283 e. The Labute approximate surface area is 119 Å². The van der Waals surface area contributed by atoms with Crippen LogP contribution >= 0.6 is 15.9 Å². The lowest BCUT2D eigenvalue weighted by Crippen LogP contribution is -2.50. The van der Waals surface area contributed by atoms with Crippen LogP contribution in [0.1, 0.15) is 5.56 Å². The van der Waals surface area contributed by atoms with Crippen LogP contribution < -0.4 is 5.32 Å². The first-order valence-corrected chi connectivity index (χ1v) is 6.69. The fourth-order valence-corrected chi connectivity index (χ4v) is 2.65. The molecule has 0 saturated carbocycles. The van der Waals surface area contributed by atoms with Crippen molar-refractivity contribution in [3.8, 4) is 6.07 Å². The van der Waals surface area contributed by atoms with Gasteiger partial charge in [-0.05, 0) is 21.5 Å². The quantitative estimate of drug-likeness (QED) is 0.675. The highest BCUT2D eigenvalue weighted by Gasteiger charge is 2.24. The van der Waals surface area contributed by atoms with Crippen LogP contribution in [-0.4, -0.2) is 35.5 Å². The summed E-state index contributed by atoms with van der Waals surface area (Å²) in [6, 6.07) is 7.03. The van der Waals surface area contributed by atoms with Crippen molar-refractivity contribution in [3.05, 3.63) is 38.3 Å². The molecule has 1 aliphatic rings. The largest absolute Gasteiger partial charge is 0.313 e. The van der Waals surface area contributed by atoms with E-state index in [9.17, 15) is 10.1 Å². The Balaban J connectivity index is 2.21. The van der Waals surface area contributed by atoms with Crippen molar-refractivity contribution in [2.45, 2.75) is 12.6 Å². The molecule has 6 nitrogen and oxygen atoms in total.